The Morgan fingerprint density at radius 1 is 1.05 bits per heavy atom. The van der Waals surface area contributed by atoms with E-state index >= 15 is 0 Å². The first-order valence-corrected chi connectivity index (χ1v) is 7.46. The van der Waals surface area contributed by atoms with Crippen molar-refractivity contribution in [3.05, 3.63) is 59.5 Å². The lowest BCUT2D eigenvalue weighted by molar-refractivity contribution is -0.125. The number of rotatable bonds is 1. The summed E-state index contributed by atoms with van der Waals surface area (Å²) in [4.78, 5) is 12.6. The van der Waals surface area contributed by atoms with Gasteiger partial charge in [-0.1, -0.05) is 30.3 Å². The van der Waals surface area contributed by atoms with Crippen LogP contribution in [0, 0.1) is 0 Å². The number of Topliss-reactive ketones (excluding diaryl/α,β-unsaturated/α-hetero) is 1. The van der Waals surface area contributed by atoms with Crippen LogP contribution in [0.4, 0.5) is 0 Å². The number of fused-ring (bicyclic) bond motifs is 3. The van der Waals surface area contributed by atoms with E-state index in [9.17, 15) is 4.79 Å². The fourth-order valence-electron chi connectivity index (χ4n) is 4.23. The molecule has 20 heavy (non-hydrogen) atoms. The summed E-state index contributed by atoms with van der Waals surface area (Å²) in [6, 6.07) is 12.6. The lowest BCUT2D eigenvalue weighted by Gasteiger charge is -2.46. The van der Waals surface area contributed by atoms with E-state index in [0.717, 1.165) is 31.4 Å². The van der Waals surface area contributed by atoms with E-state index in [4.69, 9.17) is 4.42 Å². The molecule has 102 valence electrons. The molecule has 0 amide bonds. The average Bonchev–Trinajstić information content (AvgIpc) is 2.96. The Kier molecular flexibility index (Phi) is 2.59. The van der Waals surface area contributed by atoms with Crippen LogP contribution < -0.4 is 0 Å². The van der Waals surface area contributed by atoms with E-state index in [-0.39, 0.29) is 11.3 Å². The molecule has 2 atom stereocenters. The lowest BCUT2D eigenvalue weighted by Crippen LogP contribution is -2.44. The summed E-state index contributed by atoms with van der Waals surface area (Å²) in [5, 5.41) is 0. The maximum absolute atomic E-state index is 12.6. The molecule has 0 radical (unpaired) electrons. The van der Waals surface area contributed by atoms with Crippen molar-refractivity contribution in [2.75, 3.05) is 0 Å². The Bertz CT molecular complexity index is 640. The first-order chi connectivity index (χ1) is 9.81. The molecule has 2 aliphatic rings. The van der Waals surface area contributed by atoms with Gasteiger partial charge in [-0.3, -0.25) is 4.79 Å². The van der Waals surface area contributed by atoms with Gasteiger partial charge in [-0.25, -0.2) is 0 Å². The first-order valence-electron chi connectivity index (χ1n) is 7.46. The molecule has 0 bridgehead atoms. The minimum absolute atomic E-state index is 0.0402. The zero-order chi connectivity index (χ0) is 13.6. The van der Waals surface area contributed by atoms with Crippen molar-refractivity contribution in [3.8, 4) is 0 Å². The van der Waals surface area contributed by atoms with Crippen LogP contribution >= 0.6 is 0 Å². The molecule has 0 aliphatic heterocycles. The second kappa shape index (κ2) is 4.34. The van der Waals surface area contributed by atoms with Crippen LogP contribution in [0.3, 0.4) is 0 Å². The van der Waals surface area contributed by atoms with Gasteiger partial charge in [0.15, 0.2) is 0 Å². The number of ketones is 1. The highest BCUT2D eigenvalue weighted by atomic mass is 16.3. The molecule has 4 rings (SSSR count). The van der Waals surface area contributed by atoms with Crippen LogP contribution in [0.2, 0.25) is 0 Å². The van der Waals surface area contributed by atoms with Crippen molar-refractivity contribution < 1.29 is 9.21 Å². The van der Waals surface area contributed by atoms with Gasteiger partial charge in [0.25, 0.3) is 0 Å². The molecule has 0 spiro atoms. The monoisotopic (exact) mass is 266 g/mol. The van der Waals surface area contributed by atoms with Crippen LogP contribution in [0.15, 0.2) is 47.1 Å². The number of carbonyl (C=O) groups is 1. The summed E-state index contributed by atoms with van der Waals surface area (Å²) in [7, 11) is 0. The first kappa shape index (κ1) is 12.0. The Morgan fingerprint density at radius 3 is 2.75 bits per heavy atom. The minimum atomic E-state index is -0.0719. The number of benzene rings is 1. The SMILES string of the molecule is O=C1CCC[C@]2(c3ccccc3)CCc3ccoc3[C@H]12. The fourth-order valence-corrected chi connectivity index (χ4v) is 4.23. The van der Waals surface area contributed by atoms with Crippen LogP contribution in [-0.2, 0) is 16.6 Å². The highest BCUT2D eigenvalue weighted by molar-refractivity contribution is 5.88. The topological polar surface area (TPSA) is 30.2 Å². The van der Waals surface area contributed by atoms with Gasteiger partial charge in [-0.15, -0.1) is 0 Å². The van der Waals surface area contributed by atoms with E-state index in [0.29, 0.717) is 12.2 Å². The van der Waals surface area contributed by atoms with Crippen LogP contribution in [0.25, 0.3) is 0 Å². The highest BCUT2D eigenvalue weighted by Crippen LogP contribution is 2.54. The molecule has 1 saturated carbocycles. The van der Waals surface area contributed by atoms with Crippen molar-refractivity contribution in [3.63, 3.8) is 0 Å². The Morgan fingerprint density at radius 2 is 1.90 bits per heavy atom. The number of hydrogen-bond donors (Lipinski definition) is 0. The lowest BCUT2D eigenvalue weighted by atomic mass is 9.56. The molecule has 0 unspecified atom stereocenters. The van der Waals surface area contributed by atoms with Gasteiger partial charge in [0, 0.05) is 11.8 Å². The fraction of sp³-hybridized carbons (Fsp3) is 0.389. The molecule has 1 aromatic carbocycles. The summed E-state index contributed by atoms with van der Waals surface area (Å²) < 4.78 is 5.72. The van der Waals surface area contributed by atoms with Crippen LogP contribution in [-0.4, -0.2) is 5.78 Å². The summed E-state index contributed by atoms with van der Waals surface area (Å²) in [6.07, 6.45) is 6.60. The predicted molar refractivity (Wildman–Crippen MR) is 76.7 cm³/mol. The second-order valence-corrected chi connectivity index (χ2v) is 6.09. The Hall–Kier alpha value is -1.83. The van der Waals surface area contributed by atoms with Crippen molar-refractivity contribution in [2.45, 2.75) is 43.4 Å². The van der Waals surface area contributed by atoms with E-state index in [1.54, 1.807) is 6.26 Å². The summed E-state index contributed by atoms with van der Waals surface area (Å²) in [6.45, 7) is 0. The molecule has 2 aromatic rings. The molecule has 0 saturated heterocycles. The molecule has 2 nitrogen and oxygen atoms in total. The van der Waals surface area contributed by atoms with Gasteiger partial charge in [0.1, 0.15) is 11.5 Å². The van der Waals surface area contributed by atoms with Crippen molar-refractivity contribution in [2.24, 2.45) is 0 Å². The van der Waals surface area contributed by atoms with E-state index in [1.807, 2.05) is 12.1 Å². The summed E-state index contributed by atoms with van der Waals surface area (Å²) in [5.41, 5.74) is 2.50. The average molecular weight is 266 g/mol. The van der Waals surface area contributed by atoms with E-state index in [2.05, 4.69) is 24.3 Å². The largest absolute Gasteiger partial charge is 0.468 e. The molecule has 1 aromatic heterocycles. The van der Waals surface area contributed by atoms with Crippen molar-refractivity contribution >= 4 is 5.78 Å². The molecular formula is C18H18O2. The zero-order valence-electron chi connectivity index (χ0n) is 11.5. The minimum Gasteiger partial charge on any atom is -0.468 e. The smallest absolute Gasteiger partial charge is 0.144 e. The highest BCUT2D eigenvalue weighted by Gasteiger charge is 2.51. The molecule has 2 heteroatoms. The number of carbonyl (C=O) groups excluding carboxylic acids is 1. The Labute approximate surface area is 118 Å². The third-order valence-corrected chi connectivity index (χ3v) is 5.15. The van der Waals surface area contributed by atoms with Gasteiger partial charge in [0.05, 0.1) is 12.2 Å². The van der Waals surface area contributed by atoms with Crippen LogP contribution in [0.1, 0.15) is 48.5 Å². The van der Waals surface area contributed by atoms with Gasteiger partial charge >= 0.3 is 0 Å². The standard InChI is InChI=1S/C18H18O2/c19-15-7-4-10-18(14-5-2-1-3-6-14)11-8-13-9-12-20-17(13)16(15)18/h1-3,5-6,9,12,16H,4,7-8,10-11H2/t16-,18+/m0/s1. The second-order valence-electron chi connectivity index (χ2n) is 6.09. The molecule has 1 heterocycles. The van der Waals surface area contributed by atoms with E-state index < -0.39 is 0 Å². The molecular weight excluding hydrogens is 248 g/mol. The van der Waals surface area contributed by atoms with Crippen LogP contribution in [0.5, 0.6) is 0 Å². The number of furan rings is 1. The van der Waals surface area contributed by atoms with Gasteiger partial charge in [-0.2, -0.15) is 0 Å². The molecule has 2 aliphatic carbocycles. The normalized spacial score (nSPS) is 28.8. The maximum Gasteiger partial charge on any atom is 0.144 e. The summed E-state index contributed by atoms with van der Waals surface area (Å²) in [5.74, 6) is 1.22. The van der Waals surface area contributed by atoms with Gasteiger partial charge in [-0.05, 0) is 42.9 Å². The molecule has 0 N–H and O–H groups in total. The number of hydrogen-bond acceptors (Lipinski definition) is 2. The predicted octanol–water partition coefficient (Wildman–Crippen LogP) is 4.00. The zero-order valence-corrected chi connectivity index (χ0v) is 11.5. The Balaban J connectivity index is 1.91. The molecule has 1 fully saturated rings. The number of aryl methyl sites for hydroxylation is 1. The summed E-state index contributed by atoms with van der Waals surface area (Å²) >= 11 is 0. The van der Waals surface area contributed by atoms with Crippen molar-refractivity contribution in [1.82, 2.24) is 0 Å². The van der Waals surface area contributed by atoms with Gasteiger partial charge in [0.2, 0.25) is 0 Å². The quantitative estimate of drug-likeness (QED) is 0.781. The third kappa shape index (κ3) is 1.54. The maximum atomic E-state index is 12.6. The third-order valence-electron chi connectivity index (χ3n) is 5.15. The van der Waals surface area contributed by atoms with Crippen molar-refractivity contribution in [1.29, 1.82) is 0 Å². The van der Waals surface area contributed by atoms with E-state index in [1.165, 1.54) is 11.1 Å². The van der Waals surface area contributed by atoms with Gasteiger partial charge < -0.3 is 4.42 Å².